The predicted octanol–water partition coefficient (Wildman–Crippen LogP) is 3.19. The molecule has 8 heteroatoms. The van der Waals surface area contributed by atoms with Crippen LogP contribution in [0.15, 0.2) is 18.3 Å². The number of nitrogens with zero attached hydrogens (tertiary/aromatic N) is 3. The fourth-order valence-electron chi connectivity index (χ4n) is 3.23. The minimum absolute atomic E-state index is 0.140. The number of aromatic nitrogens is 1. The third-order valence-electron chi connectivity index (χ3n) is 4.82. The van der Waals surface area contributed by atoms with E-state index in [-0.39, 0.29) is 17.2 Å². The molecular weight excluding hydrogens is 384 g/mol. The summed E-state index contributed by atoms with van der Waals surface area (Å²) in [5.74, 6) is 0.498. The van der Waals surface area contributed by atoms with Crippen molar-refractivity contribution >= 4 is 27.4 Å². The van der Waals surface area contributed by atoms with E-state index in [0.29, 0.717) is 25.5 Å². The zero-order valence-electron chi connectivity index (χ0n) is 19.3. The number of nitrogens with two attached hydrogens (primary N) is 1. The van der Waals surface area contributed by atoms with Gasteiger partial charge in [0.25, 0.3) is 0 Å². The summed E-state index contributed by atoms with van der Waals surface area (Å²) in [6.07, 6.45) is 1.50. The van der Waals surface area contributed by atoms with Gasteiger partial charge in [-0.1, -0.05) is 20.8 Å². The average molecular weight is 423 g/mol. The molecule has 0 saturated carbocycles. The second-order valence-corrected chi connectivity index (χ2v) is 13.2. The molecule has 1 aliphatic heterocycles. The lowest BCUT2D eigenvalue weighted by molar-refractivity contribution is -0.0296. The van der Waals surface area contributed by atoms with Gasteiger partial charge in [-0.25, -0.2) is 9.78 Å². The largest absolute Gasteiger partial charge is 0.444 e. The smallest absolute Gasteiger partial charge is 0.410 e. The average Bonchev–Trinajstić information content (AvgIpc) is 2.58. The Morgan fingerprint density at radius 2 is 1.79 bits per heavy atom. The van der Waals surface area contributed by atoms with Crippen LogP contribution in [0.2, 0.25) is 5.04 Å². The maximum atomic E-state index is 13.0. The molecule has 1 amide bonds. The van der Waals surface area contributed by atoms with Crippen LogP contribution in [-0.2, 0) is 9.16 Å². The molecule has 0 bridgehead atoms. The Morgan fingerprint density at radius 3 is 2.31 bits per heavy atom. The van der Waals surface area contributed by atoms with Crippen molar-refractivity contribution in [1.29, 1.82) is 0 Å². The molecule has 1 fully saturated rings. The van der Waals surface area contributed by atoms with E-state index in [1.165, 1.54) is 0 Å². The van der Waals surface area contributed by atoms with Crippen LogP contribution in [0, 0.1) is 0 Å². The Hall–Kier alpha value is -1.80. The number of hydrogen-bond acceptors (Lipinski definition) is 6. The van der Waals surface area contributed by atoms with Crippen LogP contribution in [-0.4, -0.2) is 62.6 Å². The highest BCUT2D eigenvalue weighted by Gasteiger charge is 2.43. The van der Waals surface area contributed by atoms with Crippen molar-refractivity contribution in [3.05, 3.63) is 18.3 Å². The molecule has 1 atom stereocenters. The first-order valence-corrected chi connectivity index (χ1v) is 11.6. The lowest BCUT2D eigenvalue weighted by Gasteiger charge is -2.49. The van der Waals surface area contributed by atoms with Gasteiger partial charge in [0.05, 0.1) is 23.5 Å². The first kappa shape index (κ1) is 23.5. The van der Waals surface area contributed by atoms with Gasteiger partial charge in [-0.05, 0) is 51.8 Å². The van der Waals surface area contributed by atoms with Crippen LogP contribution in [0.3, 0.4) is 0 Å². The summed E-state index contributed by atoms with van der Waals surface area (Å²) < 4.78 is 12.2. The molecule has 164 valence electrons. The Kier molecular flexibility index (Phi) is 6.89. The predicted molar refractivity (Wildman–Crippen MR) is 121 cm³/mol. The van der Waals surface area contributed by atoms with Crippen molar-refractivity contribution < 1.29 is 14.0 Å². The molecule has 0 spiro atoms. The van der Waals surface area contributed by atoms with E-state index in [2.05, 4.69) is 44.5 Å². The molecule has 1 aliphatic rings. The molecule has 2 heterocycles. The summed E-state index contributed by atoms with van der Waals surface area (Å²) >= 11 is 0. The van der Waals surface area contributed by atoms with Gasteiger partial charge in [0.1, 0.15) is 11.4 Å². The number of nitrogen functional groups attached to an aromatic ring is 1. The van der Waals surface area contributed by atoms with Gasteiger partial charge < -0.3 is 19.8 Å². The van der Waals surface area contributed by atoms with Crippen LogP contribution >= 0.6 is 0 Å². The number of anilines is 2. The number of rotatable bonds is 4. The van der Waals surface area contributed by atoms with Crippen molar-refractivity contribution in [2.24, 2.45) is 0 Å². The molecular formula is C21H38N4O3Si. The quantitative estimate of drug-likeness (QED) is 0.751. The summed E-state index contributed by atoms with van der Waals surface area (Å²) in [6, 6.07) is 3.64. The summed E-state index contributed by atoms with van der Waals surface area (Å²) in [6.45, 7) is 18.4. The molecule has 0 radical (unpaired) electrons. The van der Waals surface area contributed by atoms with Gasteiger partial charge in [0, 0.05) is 19.6 Å². The van der Waals surface area contributed by atoms with E-state index in [4.69, 9.17) is 14.9 Å². The Labute approximate surface area is 177 Å². The van der Waals surface area contributed by atoms with E-state index < -0.39 is 21.0 Å². The highest BCUT2D eigenvalue weighted by molar-refractivity contribution is 6.31. The van der Waals surface area contributed by atoms with Gasteiger partial charge in [-0.15, -0.1) is 0 Å². The molecule has 1 saturated heterocycles. The number of carbonyl (C=O) groups excluding carboxylic acids is 1. The van der Waals surface area contributed by atoms with E-state index in [9.17, 15) is 4.79 Å². The molecule has 2 N–H and O–H groups in total. The van der Waals surface area contributed by atoms with E-state index in [1.807, 2.05) is 31.7 Å². The number of pyridine rings is 1. The van der Waals surface area contributed by atoms with E-state index in [1.54, 1.807) is 12.3 Å². The SMILES string of the molecule is CC(C)(C)OC(=O)N1CCN(c2ccc(N)nc2)C[C@@H]1C(C)(C)O[SiH2]C(C)(C)C. The van der Waals surface area contributed by atoms with Gasteiger partial charge in [0.2, 0.25) is 0 Å². The number of hydrogen-bond donors (Lipinski definition) is 1. The number of ether oxygens (including phenoxy) is 1. The fraction of sp³-hybridized carbons (Fsp3) is 0.714. The maximum absolute atomic E-state index is 13.0. The second kappa shape index (κ2) is 8.51. The highest BCUT2D eigenvalue weighted by Crippen LogP contribution is 2.31. The highest BCUT2D eigenvalue weighted by atomic mass is 28.2. The van der Waals surface area contributed by atoms with Crippen molar-refractivity contribution in [3.63, 3.8) is 0 Å². The third-order valence-corrected chi connectivity index (χ3v) is 6.58. The molecule has 1 aromatic rings. The van der Waals surface area contributed by atoms with Crippen molar-refractivity contribution in [2.45, 2.75) is 77.7 Å². The second-order valence-electron chi connectivity index (χ2n) is 10.5. The van der Waals surface area contributed by atoms with Gasteiger partial charge in [-0.2, -0.15) is 0 Å². The van der Waals surface area contributed by atoms with E-state index >= 15 is 0 Å². The summed E-state index contributed by atoms with van der Waals surface area (Å²) in [5, 5.41) is 0.170. The van der Waals surface area contributed by atoms with Crippen LogP contribution in [0.1, 0.15) is 55.4 Å². The Bertz CT molecular complexity index is 695. The number of carbonyl (C=O) groups is 1. The Morgan fingerprint density at radius 1 is 1.14 bits per heavy atom. The first-order valence-electron chi connectivity index (χ1n) is 10.3. The van der Waals surface area contributed by atoms with Crippen LogP contribution in [0.25, 0.3) is 0 Å². The maximum Gasteiger partial charge on any atom is 0.410 e. The zero-order valence-corrected chi connectivity index (χ0v) is 20.7. The third kappa shape index (κ3) is 6.89. The standard InChI is InChI=1S/C21H38N4O3Si/c1-19(2,3)27-18(26)25-12-11-24(15-9-10-17(22)23-13-15)14-16(25)21(7,8)28-29-20(4,5)6/h9-10,13,16H,11-12,14,29H2,1-8H3,(H2,22,23)/t16-/m1/s1. The van der Waals surface area contributed by atoms with Crippen LogP contribution < -0.4 is 10.6 Å². The van der Waals surface area contributed by atoms with Gasteiger partial charge >= 0.3 is 6.09 Å². The monoisotopic (exact) mass is 422 g/mol. The number of amides is 1. The lowest BCUT2D eigenvalue weighted by atomic mass is 9.94. The van der Waals surface area contributed by atoms with Gasteiger partial charge in [-0.3, -0.25) is 4.90 Å². The minimum atomic E-state index is -0.792. The summed E-state index contributed by atoms with van der Waals surface area (Å²) in [4.78, 5) is 21.3. The van der Waals surface area contributed by atoms with Crippen LogP contribution in [0.4, 0.5) is 16.3 Å². The molecule has 7 nitrogen and oxygen atoms in total. The first-order chi connectivity index (χ1) is 13.2. The molecule has 1 aromatic heterocycles. The summed E-state index contributed by atoms with van der Waals surface area (Å²) in [7, 11) is -0.792. The summed E-state index contributed by atoms with van der Waals surface area (Å²) in [5.41, 5.74) is 5.71. The Balaban J connectivity index is 2.27. The molecule has 0 aliphatic carbocycles. The molecule has 0 aromatic carbocycles. The molecule has 0 unspecified atom stereocenters. The molecule has 29 heavy (non-hydrogen) atoms. The topological polar surface area (TPSA) is 80.9 Å². The van der Waals surface area contributed by atoms with Crippen molar-refractivity contribution in [3.8, 4) is 0 Å². The van der Waals surface area contributed by atoms with Gasteiger partial charge in [0.15, 0.2) is 9.76 Å². The minimum Gasteiger partial charge on any atom is -0.444 e. The van der Waals surface area contributed by atoms with Crippen molar-refractivity contribution in [1.82, 2.24) is 9.88 Å². The van der Waals surface area contributed by atoms with Crippen LogP contribution in [0.5, 0.6) is 0 Å². The lowest BCUT2D eigenvalue weighted by Crippen LogP contribution is -2.64. The molecule has 2 rings (SSSR count). The number of piperazine rings is 1. The normalized spacial score (nSPS) is 19.1. The fourth-order valence-corrected chi connectivity index (χ4v) is 4.23. The van der Waals surface area contributed by atoms with E-state index in [0.717, 1.165) is 5.69 Å². The zero-order chi connectivity index (χ0) is 22.0. The van der Waals surface area contributed by atoms with Crippen molar-refractivity contribution in [2.75, 3.05) is 30.3 Å².